The number of carbonyl (C=O) groups is 1. The van der Waals surface area contributed by atoms with Crippen molar-refractivity contribution in [2.24, 2.45) is 5.73 Å². The molecule has 280 valence electrons. The molecule has 0 aliphatic carbocycles. The topological polar surface area (TPSA) is 131 Å². The lowest BCUT2D eigenvalue weighted by atomic mass is 10.0. The second-order valence-electron chi connectivity index (χ2n) is 13.5. The van der Waals surface area contributed by atoms with Gasteiger partial charge in [-0.25, -0.2) is 4.57 Å². The predicted octanol–water partition coefficient (Wildman–Crippen LogP) is 10.4. The Morgan fingerprint density at radius 2 is 1.09 bits per heavy atom. The van der Waals surface area contributed by atoms with Crippen LogP contribution >= 0.6 is 7.82 Å². The first-order valence-electron chi connectivity index (χ1n) is 19.8. The number of phosphoric ester groups is 1. The molecule has 3 atom stereocenters. The molecule has 0 fully saturated rings. The number of allylic oxidation sites excluding steroid dienone is 1. The van der Waals surface area contributed by atoms with Crippen molar-refractivity contribution in [2.75, 3.05) is 19.8 Å². The van der Waals surface area contributed by atoms with Crippen molar-refractivity contribution in [3.8, 4) is 0 Å². The number of aliphatic hydroxyl groups is 1. The summed E-state index contributed by atoms with van der Waals surface area (Å²) in [5.41, 5.74) is 5.35. The van der Waals surface area contributed by atoms with Gasteiger partial charge < -0.3 is 21.1 Å². The van der Waals surface area contributed by atoms with Crippen LogP contribution in [-0.2, 0) is 18.4 Å². The maximum Gasteiger partial charge on any atom is 0.472 e. The molecule has 0 aromatic carbocycles. The van der Waals surface area contributed by atoms with Crippen LogP contribution in [0.25, 0.3) is 0 Å². The minimum absolute atomic E-state index is 0.0809. The van der Waals surface area contributed by atoms with Crippen LogP contribution in [0.15, 0.2) is 12.2 Å². The summed E-state index contributed by atoms with van der Waals surface area (Å²) in [7, 11) is -4.32. The van der Waals surface area contributed by atoms with Gasteiger partial charge in [-0.2, -0.15) is 0 Å². The van der Waals surface area contributed by atoms with E-state index in [1.165, 1.54) is 135 Å². The molecule has 0 aliphatic heterocycles. The van der Waals surface area contributed by atoms with Crippen LogP contribution in [0.5, 0.6) is 0 Å². The van der Waals surface area contributed by atoms with Gasteiger partial charge in [-0.3, -0.25) is 13.8 Å². The van der Waals surface area contributed by atoms with E-state index in [-0.39, 0.29) is 25.7 Å². The van der Waals surface area contributed by atoms with Crippen LogP contribution in [0.4, 0.5) is 0 Å². The Morgan fingerprint density at radius 3 is 1.51 bits per heavy atom. The molecule has 0 saturated heterocycles. The summed E-state index contributed by atoms with van der Waals surface area (Å²) in [5, 5.41) is 13.6. The molecule has 0 rings (SSSR count). The van der Waals surface area contributed by atoms with Gasteiger partial charge in [-0.15, -0.1) is 0 Å². The van der Waals surface area contributed by atoms with Crippen molar-refractivity contribution in [3.63, 3.8) is 0 Å². The van der Waals surface area contributed by atoms with Crippen LogP contribution < -0.4 is 11.1 Å². The van der Waals surface area contributed by atoms with Crippen molar-refractivity contribution < 1.29 is 28.4 Å². The molecule has 9 heteroatoms. The van der Waals surface area contributed by atoms with Crippen LogP contribution in [-0.4, -0.2) is 47.8 Å². The maximum atomic E-state index is 12.6. The standard InChI is InChI=1S/C38H77N2O6P/c1-3-5-7-9-11-13-14-15-16-17-18-19-20-21-22-24-25-27-29-31-37(41)36(35-46-47(43,44)45-34-33-39)40-38(42)32-30-28-26-23-12-10-8-6-4-2/h29,31,36-37,41H,3-28,30,32-35,39H2,1-2H3,(H,40,42)(H,43,44)/b31-29+. The van der Waals surface area contributed by atoms with E-state index in [1.54, 1.807) is 6.08 Å². The molecule has 5 N–H and O–H groups in total. The second kappa shape index (κ2) is 35.1. The van der Waals surface area contributed by atoms with Crippen molar-refractivity contribution >= 4 is 13.7 Å². The highest BCUT2D eigenvalue weighted by Crippen LogP contribution is 2.43. The van der Waals surface area contributed by atoms with E-state index < -0.39 is 20.0 Å². The molecule has 0 aromatic rings. The molecule has 0 aliphatic rings. The first kappa shape index (κ1) is 46.2. The average Bonchev–Trinajstić information content (AvgIpc) is 3.05. The minimum Gasteiger partial charge on any atom is -0.387 e. The molecule has 0 saturated carbocycles. The summed E-state index contributed by atoms with van der Waals surface area (Å²) < 4.78 is 22.0. The molecule has 1 amide bonds. The van der Waals surface area contributed by atoms with Crippen LogP contribution in [0.1, 0.15) is 194 Å². The van der Waals surface area contributed by atoms with Crippen LogP contribution in [0, 0.1) is 0 Å². The van der Waals surface area contributed by atoms with E-state index in [0.29, 0.717) is 6.42 Å². The lowest BCUT2D eigenvalue weighted by Crippen LogP contribution is -2.45. The van der Waals surface area contributed by atoms with Gasteiger partial charge in [0.05, 0.1) is 25.4 Å². The predicted molar refractivity (Wildman–Crippen MR) is 198 cm³/mol. The molecule has 0 bridgehead atoms. The average molecular weight is 689 g/mol. The number of nitrogens with one attached hydrogen (secondary N) is 1. The first-order chi connectivity index (χ1) is 22.9. The third-order valence-electron chi connectivity index (χ3n) is 8.86. The fourth-order valence-corrected chi connectivity index (χ4v) is 6.60. The highest BCUT2D eigenvalue weighted by atomic mass is 31.2. The Bertz CT molecular complexity index is 754. The van der Waals surface area contributed by atoms with Crippen LogP contribution in [0.3, 0.4) is 0 Å². The highest BCUT2D eigenvalue weighted by Gasteiger charge is 2.26. The van der Waals surface area contributed by atoms with E-state index in [9.17, 15) is 19.4 Å². The number of hydrogen-bond acceptors (Lipinski definition) is 6. The molecule has 0 aromatic heterocycles. The van der Waals surface area contributed by atoms with E-state index in [2.05, 4.69) is 19.2 Å². The number of aliphatic hydroxyl groups excluding tert-OH is 1. The van der Waals surface area contributed by atoms with E-state index >= 15 is 0 Å². The summed E-state index contributed by atoms with van der Waals surface area (Å²) in [6.45, 7) is 4.12. The zero-order valence-electron chi connectivity index (χ0n) is 30.8. The summed E-state index contributed by atoms with van der Waals surface area (Å²) in [5.74, 6) is -0.196. The minimum atomic E-state index is -4.32. The number of rotatable bonds is 37. The third-order valence-corrected chi connectivity index (χ3v) is 9.85. The summed E-state index contributed by atoms with van der Waals surface area (Å²) in [6, 6.07) is -0.852. The smallest absolute Gasteiger partial charge is 0.387 e. The molecule has 0 spiro atoms. The van der Waals surface area contributed by atoms with Crippen molar-refractivity contribution in [3.05, 3.63) is 12.2 Å². The number of hydrogen-bond donors (Lipinski definition) is 4. The normalized spacial score (nSPS) is 14.4. The monoisotopic (exact) mass is 689 g/mol. The Balaban J connectivity index is 4.19. The lowest BCUT2D eigenvalue weighted by Gasteiger charge is -2.23. The summed E-state index contributed by atoms with van der Waals surface area (Å²) in [4.78, 5) is 22.5. The van der Waals surface area contributed by atoms with Crippen molar-refractivity contribution in [1.29, 1.82) is 0 Å². The number of phosphoric acid groups is 1. The fourth-order valence-electron chi connectivity index (χ4n) is 5.84. The Labute approximate surface area is 290 Å². The maximum absolute atomic E-state index is 12.6. The SMILES string of the molecule is CCCCCCCCCCCCCCCCCCC/C=C/C(O)C(COP(=O)(O)OCCN)NC(=O)CCCCCCCCCCC. The fraction of sp³-hybridized carbons (Fsp3) is 0.921. The Hall–Kier alpha value is -0.760. The van der Waals surface area contributed by atoms with E-state index in [4.69, 9.17) is 14.8 Å². The summed E-state index contributed by atoms with van der Waals surface area (Å²) >= 11 is 0. The molecule has 0 heterocycles. The molecule has 8 nitrogen and oxygen atoms in total. The van der Waals surface area contributed by atoms with Crippen molar-refractivity contribution in [1.82, 2.24) is 5.32 Å². The molecular formula is C38H77N2O6P. The van der Waals surface area contributed by atoms with Gasteiger partial charge in [0.1, 0.15) is 0 Å². The largest absolute Gasteiger partial charge is 0.472 e. The molecule has 47 heavy (non-hydrogen) atoms. The molecule has 0 radical (unpaired) electrons. The number of unbranched alkanes of at least 4 members (excludes halogenated alkanes) is 25. The highest BCUT2D eigenvalue weighted by molar-refractivity contribution is 7.47. The van der Waals surface area contributed by atoms with Gasteiger partial charge in [-0.05, 0) is 19.3 Å². The quantitative estimate of drug-likeness (QED) is 0.0290. The zero-order valence-corrected chi connectivity index (χ0v) is 31.7. The molecular weight excluding hydrogens is 611 g/mol. The Morgan fingerprint density at radius 1 is 0.681 bits per heavy atom. The third kappa shape index (κ3) is 33.5. The Kier molecular flexibility index (Phi) is 34.5. The van der Waals surface area contributed by atoms with E-state index in [1.807, 2.05) is 6.08 Å². The van der Waals surface area contributed by atoms with Gasteiger partial charge in [0.2, 0.25) is 5.91 Å². The number of amides is 1. The number of nitrogens with two attached hydrogens (primary N) is 1. The first-order valence-corrected chi connectivity index (χ1v) is 21.3. The zero-order chi connectivity index (χ0) is 34.7. The summed E-state index contributed by atoms with van der Waals surface area (Å²) in [6.07, 6.45) is 36.9. The van der Waals surface area contributed by atoms with Crippen molar-refractivity contribution in [2.45, 2.75) is 206 Å². The molecule has 3 unspecified atom stereocenters. The van der Waals surface area contributed by atoms with Gasteiger partial charge in [0, 0.05) is 13.0 Å². The van der Waals surface area contributed by atoms with Gasteiger partial charge in [0.15, 0.2) is 0 Å². The van der Waals surface area contributed by atoms with Gasteiger partial charge in [-0.1, -0.05) is 180 Å². The van der Waals surface area contributed by atoms with Crippen LogP contribution in [0.2, 0.25) is 0 Å². The van der Waals surface area contributed by atoms with Gasteiger partial charge >= 0.3 is 7.82 Å². The van der Waals surface area contributed by atoms with E-state index in [0.717, 1.165) is 38.5 Å². The number of carbonyl (C=O) groups excluding carboxylic acids is 1. The lowest BCUT2D eigenvalue weighted by molar-refractivity contribution is -0.123. The second-order valence-corrected chi connectivity index (χ2v) is 15.0. The van der Waals surface area contributed by atoms with Gasteiger partial charge in [0.25, 0.3) is 0 Å².